The highest BCUT2D eigenvalue weighted by atomic mass is 19.3. The van der Waals surface area contributed by atoms with Crippen molar-refractivity contribution in [2.45, 2.75) is 12.5 Å². The van der Waals surface area contributed by atoms with Crippen molar-refractivity contribution in [3.05, 3.63) is 29.7 Å². The van der Waals surface area contributed by atoms with E-state index in [4.69, 9.17) is 4.42 Å². The summed E-state index contributed by atoms with van der Waals surface area (Å²) in [6.07, 6.45) is -3.43. The molecule has 0 aliphatic carbocycles. The van der Waals surface area contributed by atoms with Gasteiger partial charge in [0.15, 0.2) is 5.58 Å². The molecule has 1 unspecified atom stereocenters. The summed E-state index contributed by atoms with van der Waals surface area (Å²) in [4.78, 5) is 3.98. The summed E-state index contributed by atoms with van der Waals surface area (Å²) < 4.78 is 30.2. The summed E-state index contributed by atoms with van der Waals surface area (Å²) in [5.41, 5.74) is 0.605. The number of alkyl halides is 2. The first-order valence-electron chi connectivity index (χ1n) is 5.13. The van der Waals surface area contributed by atoms with E-state index in [2.05, 4.69) is 10.3 Å². The van der Waals surface area contributed by atoms with Crippen LogP contribution in [-0.4, -0.2) is 23.7 Å². The fourth-order valence-corrected chi connectivity index (χ4v) is 1.52. The van der Waals surface area contributed by atoms with E-state index in [0.29, 0.717) is 11.1 Å². The predicted octanol–water partition coefficient (Wildman–Crippen LogP) is 2.02. The fourth-order valence-electron chi connectivity index (χ4n) is 1.52. The van der Waals surface area contributed by atoms with E-state index in [9.17, 15) is 13.9 Å². The van der Waals surface area contributed by atoms with Crippen LogP contribution in [-0.2, 0) is 0 Å². The first-order chi connectivity index (χ1) is 8.11. The Balaban J connectivity index is 2.36. The average molecular weight is 242 g/mol. The zero-order chi connectivity index (χ0) is 12.4. The Labute approximate surface area is 96.3 Å². The number of halogens is 2. The van der Waals surface area contributed by atoms with E-state index in [-0.39, 0.29) is 18.0 Å². The highest BCUT2D eigenvalue weighted by molar-refractivity contribution is 5.73. The predicted molar refractivity (Wildman–Crippen MR) is 57.9 cm³/mol. The fraction of sp³-hybridized carbons (Fsp3) is 0.364. The lowest BCUT2D eigenvalue weighted by atomic mass is 10.2. The minimum absolute atomic E-state index is 0.111. The molecule has 0 saturated heterocycles. The number of rotatable bonds is 4. The van der Waals surface area contributed by atoms with Crippen molar-refractivity contribution >= 4 is 11.1 Å². The average Bonchev–Trinajstić information content (AvgIpc) is 2.71. The van der Waals surface area contributed by atoms with Gasteiger partial charge in [-0.1, -0.05) is 0 Å². The molecule has 2 rings (SSSR count). The normalized spacial score (nSPS) is 13.5. The highest BCUT2D eigenvalue weighted by Crippen LogP contribution is 2.25. The molecule has 0 saturated carbocycles. The number of aromatic nitrogens is 1. The zero-order valence-corrected chi connectivity index (χ0v) is 9.15. The van der Waals surface area contributed by atoms with Gasteiger partial charge in [0, 0.05) is 12.1 Å². The van der Waals surface area contributed by atoms with E-state index in [1.807, 2.05) is 0 Å². The van der Waals surface area contributed by atoms with Crippen molar-refractivity contribution in [2.75, 3.05) is 13.6 Å². The Kier molecular flexibility index (Phi) is 3.35. The molecule has 17 heavy (non-hydrogen) atoms. The highest BCUT2D eigenvalue weighted by Gasteiger charge is 2.16. The van der Waals surface area contributed by atoms with Crippen molar-refractivity contribution in [1.29, 1.82) is 0 Å². The molecule has 6 heteroatoms. The number of nitrogens with zero attached hydrogens (tertiary/aromatic N) is 1. The summed E-state index contributed by atoms with van der Waals surface area (Å²) in [7, 11) is 1.68. The van der Waals surface area contributed by atoms with Crippen molar-refractivity contribution in [2.24, 2.45) is 0 Å². The van der Waals surface area contributed by atoms with Gasteiger partial charge in [-0.2, -0.15) is 0 Å². The molecule has 1 heterocycles. The van der Waals surface area contributed by atoms with E-state index >= 15 is 0 Å². The SMILES string of the molecule is CNCC(O)c1nc2cc(C(F)F)ccc2o1. The maximum atomic E-state index is 12.5. The Morgan fingerprint density at radius 3 is 2.88 bits per heavy atom. The molecule has 2 N–H and O–H groups in total. The number of oxazole rings is 1. The summed E-state index contributed by atoms with van der Waals surface area (Å²) in [6, 6.07) is 3.98. The molecule has 0 aliphatic heterocycles. The largest absolute Gasteiger partial charge is 0.438 e. The summed E-state index contributed by atoms with van der Waals surface area (Å²) in [6.45, 7) is 0.286. The lowest BCUT2D eigenvalue weighted by molar-refractivity contribution is 0.146. The van der Waals surface area contributed by atoms with Crippen LogP contribution in [0.1, 0.15) is 24.0 Å². The van der Waals surface area contributed by atoms with Crippen molar-refractivity contribution < 1.29 is 18.3 Å². The van der Waals surface area contributed by atoms with Crippen molar-refractivity contribution in [1.82, 2.24) is 10.3 Å². The van der Waals surface area contributed by atoms with Gasteiger partial charge < -0.3 is 14.8 Å². The smallest absolute Gasteiger partial charge is 0.263 e. The maximum absolute atomic E-state index is 12.5. The molecular formula is C11H12F2N2O2. The topological polar surface area (TPSA) is 58.3 Å². The van der Waals surface area contributed by atoms with Crippen LogP contribution in [0.25, 0.3) is 11.1 Å². The van der Waals surface area contributed by atoms with Gasteiger partial charge in [-0.3, -0.25) is 0 Å². The summed E-state index contributed by atoms with van der Waals surface area (Å²) >= 11 is 0. The van der Waals surface area contributed by atoms with Crippen LogP contribution in [0.15, 0.2) is 22.6 Å². The lowest BCUT2D eigenvalue weighted by Crippen LogP contribution is -2.16. The van der Waals surface area contributed by atoms with Crippen LogP contribution in [0.5, 0.6) is 0 Å². The molecule has 0 bridgehead atoms. The molecule has 0 spiro atoms. The molecular weight excluding hydrogens is 230 g/mol. The number of likely N-dealkylation sites (N-methyl/N-ethyl adjacent to an activating group) is 1. The lowest BCUT2D eigenvalue weighted by Gasteiger charge is -2.03. The number of fused-ring (bicyclic) bond motifs is 1. The number of benzene rings is 1. The third kappa shape index (κ3) is 2.42. The Morgan fingerprint density at radius 2 is 2.24 bits per heavy atom. The van der Waals surface area contributed by atoms with E-state index < -0.39 is 12.5 Å². The number of hydrogen-bond donors (Lipinski definition) is 2. The monoisotopic (exact) mass is 242 g/mol. The maximum Gasteiger partial charge on any atom is 0.263 e. The quantitative estimate of drug-likeness (QED) is 0.861. The summed E-state index contributed by atoms with van der Waals surface area (Å²) in [5, 5.41) is 12.4. The second kappa shape index (κ2) is 4.77. The number of aliphatic hydroxyl groups is 1. The molecule has 0 amide bonds. The van der Waals surface area contributed by atoms with Crippen molar-refractivity contribution in [3.63, 3.8) is 0 Å². The molecule has 0 aliphatic rings. The van der Waals surface area contributed by atoms with Crippen LogP contribution in [0, 0.1) is 0 Å². The molecule has 92 valence electrons. The van der Waals surface area contributed by atoms with Gasteiger partial charge in [-0.05, 0) is 25.2 Å². The summed E-state index contributed by atoms with van der Waals surface area (Å²) in [5.74, 6) is 0.126. The van der Waals surface area contributed by atoms with Crippen LogP contribution in [0.4, 0.5) is 8.78 Å². The van der Waals surface area contributed by atoms with Gasteiger partial charge in [-0.15, -0.1) is 0 Å². The third-order valence-corrected chi connectivity index (χ3v) is 2.36. The van der Waals surface area contributed by atoms with E-state index in [1.54, 1.807) is 7.05 Å². The van der Waals surface area contributed by atoms with Gasteiger partial charge in [0.1, 0.15) is 11.6 Å². The molecule has 1 aromatic heterocycles. The molecule has 1 atom stereocenters. The number of nitrogens with one attached hydrogen (secondary N) is 1. The van der Waals surface area contributed by atoms with Gasteiger partial charge in [0.25, 0.3) is 6.43 Å². The zero-order valence-electron chi connectivity index (χ0n) is 9.15. The van der Waals surface area contributed by atoms with E-state index in [1.165, 1.54) is 18.2 Å². The number of aliphatic hydroxyl groups excluding tert-OH is 1. The molecule has 4 nitrogen and oxygen atoms in total. The van der Waals surface area contributed by atoms with Gasteiger partial charge in [0.2, 0.25) is 5.89 Å². The number of hydrogen-bond acceptors (Lipinski definition) is 4. The van der Waals surface area contributed by atoms with Crippen LogP contribution in [0.2, 0.25) is 0 Å². The van der Waals surface area contributed by atoms with Gasteiger partial charge in [-0.25, -0.2) is 13.8 Å². The minimum Gasteiger partial charge on any atom is -0.438 e. The second-order valence-electron chi connectivity index (χ2n) is 3.65. The molecule has 2 aromatic rings. The Morgan fingerprint density at radius 1 is 1.47 bits per heavy atom. The van der Waals surface area contributed by atoms with Crippen LogP contribution < -0.4 is 5.32 Å². The van der Waals surface area contributed by atoms with Crippen LogP contribution in [0.3, 0.4) is 0 Å². The first-order valence-corrected chi connectivity index (χ1v) is 5.13. The standard InChI is InChI=1S/C11H12F2N2O2/c1-14-5-8(16)11-15-7-4-6(10(12)13)2-3-9(7)17-11/h2-4,8,10,14,16H,5H2,1H3. The second-order valence-corrected chi connectivity index (χ2v) is 3.65. The minimum atomic E-state index is -2.54. The van der Waals surface area contributed by atoms with E-state index in [0.717, 1.165) is 0 Å². The first kappa shape index (κ1) is 11.9. The molecule has 1 aromatic carbocycles. The Hall–Kier alpha value is -1.53. The third-order valence-electron chi connectivity index (χ3n) is 2.36. The van der Waals surface area contributed by atoms with Gasteiger partial charge in [0.05, 0.1) is 0 Å². The molecule has 0 radical (unpaired) electrons. The van der Waals surface area contributed by atoms with Crippen molar-refractivity contribution in [3.8, 4) is 0 Å². The Bertz CT molecular complexity index is 513. The van der Waals surface area contributed by atoms with Gasteiger partial charge >= 0.3 is 0 Å². The molecule has 0 fully saturated rings. The van der Waals surface area contributed by atoms with Crippen LogP contribution >= 0.6 is 0 Å².